The van der Waals surface area contributed by atoms with Crippen LogP contribution in [0, 0.1) is 0 Å². The van der Waals surface area contributed by atoms with Gasteiger partial charge in [0.25, 0.3) is 5.56 Å². The number of nitrogens with zero attached hydrogens (tertiary/aromatic N) is 5. The van der Waals surface area contributed by atoms with Gasteiger partial charge in [-0.3, -0.25) is 9.79 Å². The van der Waals surface area contributed by atoms with Crippen LogP contribution in [0.3, 0.4) is 0 Å². The maximum atomic E-state index is 12.1. The molecular weight excluding hydrogens is 473 g/mol. The van der Waals surface area contributed by atoms with Crippen molar-refractivity contribution in [2.24, 2.45) is 12.0 Å². The lowest BCUT2D eigenvalue weighted by molar-refractivity contribution is 0.371. The van der Waals surface area contributed by atoms with Crippen LogP contribution in [0.1, 0.15) is 0 Å². The lowest BCUT2D eigenvalue weighted by Gasteiger charge is -2.36. The first-order valence-electron chi connectivity index (χ1n) is 7.98. The van der Waals surface area contributed by atoms with Crippen molar-refractivity contribution in [2.45, 2.75) is 0 Å². The molecule has 148 valence electrons. The Kier molecular flexibility index (Phi) is 8.76. The van der Waals surface area contributed by atoms with Crippen LogP contribution in [0.4, 0.5) is 5.82 Å². The van der Waals surface area contributed by atoms with Crippen molar-refractivity contribution in [2.75, 3.05) is 57.5 Å². The number of aromatic nitrogens is 2. The second-order valence-electron chi connectivity index (χ2n) is 5.78. The summed E-state index contributed by atoms with van der Waals surface area (Å²) in [5.41, 5.74) is -0.106. The van der Waals surface area contributed by atoms with Crippen LogP contribution in [-0.4, -0.2) is 81.4 Å². The number of aliphatic imine (C=N–C) groups is 1. The zero-order valence-corrected chi connectivity index (χ0v) is 18.3. The number of sulfonamides is 1. The first-order valence-corrected chi connectivity index (χ1v) is 9.88. The number of piperazine rings is 1. The number of aryl methyl sites for hydroxylation is 1. The molecule has 0 radical (unpaired) electrons. The Bertz CT molecular complexity index is 773. The molecule has 26 heavy (non-hydrogen) atoms. The lowest BCUT2D eigenvalue weighted by atomic mass is 10.3. The summed E-state index contributed by atoms with van der Waals surface area (Å²) in [4.78, 5) is 24.6. The van der Waals surface area contributed by atoms with Gasteiger partial charge in [0.2, 0.25) is 10.0 Å². The van der Waals surface area contributed by atoms with Gasteiger partial charge in [0.05, 0.1) is 6.26 Å². The first-order chi connectivity index (χ1) is 11.8. The molecule has 1 aromatic rings. The third kappa shape index (κ3) is 6.39. The lowest BCUT2D eigenvalue weighted by Crippen LogP contribution is -2.54. The van der Waals surface area contributed by atoms with Gasteiger partial charge >= 0.3 is 0 Å². The first kappa shape index (κ1) is 22.6. The molecule has 0 bridgehead atoms. The van der Waals surface area contributed by atoms with E-state index in [-0.39, 0.29) is 29.5 Å². The molecule has 2 rings (SSSR count). The SMILES string of the molecule is CN=C(NCCNS(C)(=O)=O)N1CCN(c2nccn(C)c2=O)CC1.I. The molecule has 1 aliphatic heterocycles. The molecule has 1 aliphatic rings. The molecule has 0 aliphatic carbocycles. The third-order valence-corrected chi connectivity index (χ3v) is 4.59. The Balaban J connectivity index is 0.00000338. The van der Waals surface area contributed by atoms with E-state index in [1.165, 1.54) is 4.57 Å². The summed E-state index contributed by atoms with van der Waals surface area (Å²) in [6.45, 7) is 3.45. The summed E-state index contributed by atoms with van der Waals surface area (Å²) in [5, 5.41) is 3.14. The van der Waals surface area contributed by atoms with Crippen molar-refractivity contribution >= 4 is 45.8 Å². The van der Waals surface area contributed by atoms with Gasteiger partial charge in [0.1, 0.15) is 0 Å². The largest absolute Gasteiger partial charge is 0.355 e. The molecule has 0 saturated carbocycles. The summed E-state index contributed by atoms with van der Waals surface area (Å²) in [5.74, 6) is 1.17. The summed E-state index contributed by atoms with van der Waals surface area (Å²) >= 11 is 0. The average Bonchev–Trinajstić information content (AvgIpc) is 2.57. The predicted molar refractivity (Wildman–Crippen MR) is 113 cm³/mol. The van der Waals surface area contributed by atoms with Crippen molar-refractivity contribution in [3.63, 3.8) is 0 Å². The summed E-state index contributed by atoms with van der Waals surface area (Å²) in [6.07, 6.45) is 4.39. The Morgan fingerprint density at radius 3 is 2.50 bits per heavy atom. The molecule has 2 heterocycles. The summed E-state index contributed by atoms with van der Waals surface area (Å²) < 4.78 is 26.0. The molecular formula is C14H26IN7O3S. The minimum absolute atomic E-state index is 0. The van der Waals surface area contributed by atoms with Crippen molar-refractivity contribution < 1.29 is 8.42 Å². The highest BCUT2D eigenvalue weighted by atomic mass is 127. The van der Waals surface area contributed by atoms with Crippen molar-refractivity contribution in [1.82, 2.24) is 24.5 Å². The van der Waals surface area contributed by atoms with Crippen LogP contribution in [0.5, 0.6) is 0 Å². The molecule has 2 N–H and O–H groups in total. The van der Waals surface area contributed by atoms with Crippen LogP contribution in [0.2, 0.25) is 0 Å². The Morgan fingerprint density at radius 1 is 1.27 bits per heavy atom. The van der Waals surface area contributed by atoms with E-state index in [4.69, 9.17) is 0 Å². The van der Waals surface area contributed by atoms with E-state index in [0.29, 0.717) is 51.0 Å². The van der Waals surface area contributed by atoms with E-state index >= 15 is 0 Å². The second-order valence-corrected chi connectivity index (χ2v) is 7.61. The highest BCUT2D eigenvalue weighted by Crippen LogP contribution is 2.08. The number of halogens is 1. The molecule has 1 saturated heterocycles. The Morgan fingerprint density at radius 2 is 1.92 bits per heavy atom. The fraction of sp³-hybridized carbons (Fsp3) is 0.643. The molecule has 12 heteroatoms. The second kappa shape index (κ2) is 10.1. The van der Waals surface area contributed by atoms with Crippen molar-refractivity contribution in [3.05, 3.63) is 22.7 Å². The molecule has 1 aromatic heterocycles. The number of nitrogens with one attached hydrogen (secondary N) is 2. The smallest absolute Gasteiger partial charge is 0.293 e. The average molecular weight is 499 g/mol. The quantitative estimate of drug-likeness (QED) is 0.223. The molecule has 1 fully saturated rings. The summed E-state index contributed by atoms with van der Waals surface area (Å²) in [6, 6.07) is 0. The highest BCUT2D eigenvalue weighted by molar-refractivity contribution is 14.0. The van der Waals surface area contributed by atoms with Gasteiger partial charge in [-0.05, 0) is 0 Å². The van der Waals surface area contributed by atoms with Crippen LogP contribution in [0.15, 0.2) is 22.2 Å². The van der Waals surface area contributed by atoms with Crippen LogP contribution < -0.4 is 20.5 Å². The van der Waals surface area contributed by atoms with Gasteiger partial charge < -0.3 is 19.7 Å². The molecule has 0 unspecified atom stereocenters. The van der Waals surface area contributed by atoms with E-state index in [1.54, 1.807) is 26.5 Å². The Hall–Kier alpha value is -1.41. The van der Waals surface area contributed by atoms with Gasteiger partial charge in [-0.25, -0.2) is 18.1 Å². The van der Waals surface area contributed by atoms with Gasteiger partial charge in [0.15, 0.2) is 11.8 Å². The number of hydrogen-bond donors (Lipinski definition) is 2. The maximum Gasteiger partial charge on any atom is 0.293 e. The summed E-state index contributed by atoms with van der Waals surface area (Å²) in [7, 11) is 0.208. The molecule has 0 spiro atoms. The number of guanidine groups is 1. The normalized spacial score (nSPS) is 15.6. The van der Waals surface area contributed by atoms with Crippen molar-refractivity contribution in [1.29, 1.82) is 0 Å². The fourth-order valence-corrected chi connectivity index (χ4v) is 3.05. The maximum absolute atomic E-state index is 12.1. The van der Waals surface area contributed by atoms with Crippen LogP contribution in [-0.2, 0) is 17.1 Å². The number of anilines is 1. The topological polar surface area (TPSA) is 112 Å². The van der Waals surface area contributed by atoms with Gasteiger partial charge in [-0.15, -0.1) is 24.0 Å². The van der Waals surface area contributed by atoms with Crippen LogP contribution in [0.25, 0.3) is 0 Å². The minimum Gasteiger partial charge on any atom is -0.355 e. The van der Waals surface area contributed by atoms with E-state index in [9.17, 15) is 13.2 Å². The van der Waals surface area contributed by atoms with Gasteiger partial charge in [-0.1, -0.05) is 0 Å². The molecule has 10 nitrogen and oxygen atoms in total. The molecule has 0 aromatic carbocycles. The number of rotatable bonds is 5. The monoisotopic (exact) mass is 499 g/mol. The van der Waals surface area contributed by atoms with Crippen molar-refractivity contribution in [3.8, 4) is 0 Å². The van der Waals surface area contributed by atoms with E-state index in [0.717, 1.165) is 6.26 Å². The predicted octanol–water partition coefficient (Wildman–Crippen LogP) is -1.36. The van der Waals surface area contributed by atoms with Crippen LogP contribution >= 0.6 is 24.0 Å². The van der Waals surface area contributed by atoms with E-state index < -0.39 is 10.0 Å². The molecule has 0 amide bonds. The standard InChI is InChI=1S/C14H25N7O3S.HI/c1-15-14(17-4-5-18-25(3,23)24)21-10-8-20(9-11-21)12-13(22)19(2)7-6-16-12;/h6-7,18H,4-5,8-11H2,1-3H3,(H,15,17);1H. The zero-order valence-electron chi connectivity index (χ0n) is 15.2. The van der Waals surface area contributed by atoms with E-state index in [1.807, 2.05) is 4.90 Å². The fourth-order valence-electron chi connectivity index (χ4n) is 2.57. The van der Waals surface area contributed by atoms with Gasteiger partial charge in [0, 0.05) is 65.8 Å². The minimum atomic E-state index is -3.19. The molecule has 0 atom stereocenters. The zero-order chi connectivity index (χ0) is 18.4. The highest BCUT2D eigenvalue weighted by Gasteiger charge is 2.22. The third-order valence-electron chi connectivity index (χ3n) is 3.86. The number of hydrogen-bond acceptors (Lipinski definition) is 6. The Labute approximate surface area is 170 Å². The van der Waals surface area contributed by atoms with Gasteiger partial charge in [-0.2, -0.15) is 0 Å². The van der Waals surface area contributed by atoms with E-state index in [2.05, 4.69) is 24.9 Å².